The van der Waals surface area contributed by atoms with Crippen molar-refractivity contribution in [2.75, 3.05) is 25.5 Å². The number of ether oxygens (including phenoxy) is 1. The van der Waals surface area contributed by atoms with Gasteiger partial charge in [0.25, 0.3) is 0 Å². The summed E-state index contributed by atoms with van der Waals surface area (Å²) in [6, 6.07) is 7.43. The average molecular weight is 262 g/mol. The fourth-order valence-electron chi connectivity index (χ4n) is 1.89. The Hall–Kier alpha value is -1.55. The van der Waals surface area contributed by atoms with Crippen molar-refractivity contribution in [2.24, 2.45) is 5.92 Å². The summed E-state index contributed by atoms with van der Waals surface area (Å²) in [5, 5.41) is 2.89. The number of benzene rings is 1. The van der Waals surface area contributed by atoms with Crippen LogP contribution in [-0.4, -0.2) is 25.7 Å². The van der Waals surface area contributed by atoms with Gasteiger partial charge in [-0.15, -0.1) is 0 Å². The van der Waals surface area contributed by atoms with Crippen LogP contribution in [0.15, 0.2) is 24.3 Å². The van der Waals surface area contributed by atoms with Gasteiger partial charge < -0.3 is 15.8 Å². The van der Waals surface area contributed by atoms with E-state index in [1.54, 1.807) is 0 Å². The van der Waals surface area contributed by atoms with E-state index in [1.807, 2.05) is 24.3 Å². The van der Waals surface area contributed by atoms with Crippen LogP contribution in [0.5, 0.6) is 0 Å². The van der Waals surface area contributed by atoms with E-state index in [-0.39, 0.29) is 5.91 Å². The summed E-state index contributed by atoms with van der Waals surface area (Å²) in [6.45, 7) is 2.29. The van der Waals surface area contributed by atoms with Gasteiger partial charge in [0.1, 0.15) is 0 Å². The predicted molar refractivity (Wildman–Crippen MR) is 75.7 cm³/mol. The lowest BCUT2D eigenvalue weighted by atomic mass is 10.1. The second kappa shape index (κ2) is 7.14. The molecule has 4 heteroatoms. The maximum Gasteiger partial charge on any atom is 0.224 e. The topological polar surface area (TPSA) is 64.4 Å². The Labute approximate surface area is 114 Å². The molecule has 1 aromatic carbocycles. The average Bonchev–Trinajstić information content (AvgIpc) is 3.17. The number of carbonyl (C=O) groups excluding carboxylic acids is 1. The first-order chi connectivity index (χ1) is 9.24. The first-order valence-corrected chi connectivity index (χ1v) is 6.93. The van der Waals surface area contributed by atoms with Gasteiger partial charge in [-0.25, -0.2) is 0 Å². The van der Waals surface area contributed by atoms with E-state index in [0.29, 0.717) is 18.7 Å². The Morgan fingerprint density at radius 2 is 2.26 bits per heavy atom. The molecule has 3 N–H and O–H groups in total. The first kappa shape index (κ1) is 13.9. The van der Waals surface area contributed by atoms with Gasteiger partial charge in [-0.05, 0) is 42.9 Å². The number of nitrogens with one attached hydrogen (secondary N) is 1. The van der Waals surface area contributed by atoms with Crippen LogP contribution < -0.4 is 11.1 Å². The van der Waals surface area contributed by atoms with E-state index in [9.17, 15) is 4.79 Å². The van der Waals surface area contributed by atoms with E-state index in [1.165, 1.54) is 12.8 Å². The van der Waals surface area contributed by atoms with E-state index < -0.39 is 0 Å². The molecule has 0 spiro atoms. The van der Waals surface area contributed by atoms with E-state index in [2.05, 4.69) is 5.32 Å². The lowest BCUT2D eigenvalue weighted by Crippen LogP contribution is -2.26. The molecule has 1 saturated carbocycles. The largest absolute Gasteiger partial charge is 0.399 e. The van der Waals surface area contributed by atoms with Gasteiger partial charge in [0.05, 0.1) is 6.42 Å². The first-order valence-electron chi connectivity index (χ1n) is 6.93. The molecule has 0 atom stereocenters. The molecule has 1 aliphatic carbocycles. The Balaban J connectivity index is 1.53. The van der Waals surface area contributed by atoms with Gasteiger partial charge in [-0.1, -0.05) is 12.1 Å². The molecular weight excluding hydrogens is 240 g/mol. The van der Waals surface area contributed by atoms with Crippen LogP contribution in [0.4, 0.5) is 5.69 Å². The maximum absolute atomic E-state index is 11.7. The minimum atomic E-state index is 0.0350. The number of nitrogen functional groups attached to an aromatic ring is 1. The fourth-order valence-corrected chi connectivity index (χ4v) is 1.89. The van der Waals surface area contributed by atoms with E-state index >= 15 is 0 Å². The van der Waals surface area contributed by atoms with Crippen molar-refractivity contribution < 1.29 is 9.53 Å². The molecular formula is C15H22N2O2. The molecule has 0 saturated heterocycles. The third kappa shape index (κ3) is 5.75. The molecule has 0 radical (unpaired) electrons. The number of amides is 1. The van der Waals surface area contributed by atoms with E-state index in [4.69, 9.17) is 10.5 Å². The summed E-state index contributed by atoms with van der Waals surface area (Å²) >= 11 is 0. The van der Waals surface area contributed by atoms with Crippen molar-refractivity contribution in [1.29, 1.82) is 0 Å². The highest BCUT2D eigenvalue weighted by atomic mass is 16.5. The molecule has 104 valence electrons. The molecule has 1 aromatic rings. The number of carbonyl (C=O) groups is 1. The minimum Gasteiger partial charge on any atom is -0.399 e. The number of anilines is 1. The van der Waals surface area contributed by atoms with Crippen molar-refractivity contribution in [2.45, 2.75) is 25.7 Å². The number of rotatable bonds is 8. The molecule has 1 amide bonds. The molecule has 1 aliphatic rings. The Bertz CT molecular complexity index is 416. The van der Waals surface area contributed by atoms with Crippen LogP contribution in [0.1, 0.15) is 24.8 Å². The Morgan fingerprint density at radius 3 is 3.00 bits per heavy atom. The van der Waals surface area contributed by atoms with Gasteiger partial charge in [0, 0.05) is 25.4 Å². The second-order valence-electron chi connectivity index (χ2n) is 5.14. The summed E-state index contributed by atoms with van der Waals surface area (Å²) in [4.78, 5) is 11.7. The standard InChI is InChI=1S/C15H22N2O2/c16-14-4-1-3-13(9-14)10-15(18)17-7-2-8-19-11-12-5-6-12/h1,3-4,9,12H,2,5-8,10-11,16H2,(H,17,18). The minimum absolute atomic E-state index is 0.0350. The van der Waals surface area contributed by atoms with Crippen molar-refractivity contribution in [3.8, 4) is 0 Å². The highest BCUT2D eigenvalue weighted by molar-refractivity contribution is 5.78. The molecule has 0 aliphatic heterocycles. The zero-order valence-electron chi connectivity index (χ0n) is 11.2. The number of hydrogen-bond acceptors (Lipinski definition) is 3. The zero-order valence-corrected chi connectivity index (χ0v) is 11.2. The molecule has 0 unspecified atom stereocenters. The van der Waals surface area contributed by atoms with Crippen LogP contribution in [0, 0.1) is 5.92 Å². The van der Waals surface area contributed by atoms with Crippen molar-refractivity contribution in [3.05, 3.63) is 29.8 Å². The van der Waals surface area contributed by atoms with Crippen molar-refractivity contribution >= 4 is 11.6 Å². The van der Waals surface area contributed by atoms with Crippen molar-refractivity contribution in [3.63, 3.8) is 0 Å². The van der Waals surface area contributed by atoms with Crippen LogP contribution in [0.3, 0.4) is 0 Å². The van der Waals surface area contributed by atoms with Crippen LogP contribution in [0.25, 0.3) is 0 Å². The van der Waals surface area contributed by atoms with E-state index in [0.717, 1.165) is 31.1 Å². The summed E-state index contributed by atoms with van der Waals surface area (Å²) in [7, 11) is 0. The highest BCUT2D eigenvalue weighted by Crippen LogP contribution is 2.28. The molecule has 2 rings (SSSR count). The quantitative estimate of drug-likeness (QED) is 0.554. The van der Waals surface area contributed by atoms with Crippen molar-refractivity contribution in [1.82, 2.24) is 5.32 Å². The third-order valence-corrected chi connectivity index (χ3v) is 3.15. The zero-order chi connectivity index (χ0) is 13.5. The summed E-state index contributed by atoms with van der Waals surface area (Å²) in [6.07, 6.45) is 3.89. The van der Waals surface area contributed by atoms with Gasteiger partial charge in [0.2, 0.25) is 5.91 Å². The number of hydrogen-bond donors (Lipinski definition) is 2. The summed E-state index contributed by atoms with van der Waals surface area (Å²) in [5.41, 5.74) is 7.31. The molecule has 0 bridgehead atoms. The maximum atomic E-state index is 11.7. The lowest BCUT2D eigenvalue weighted by Gasteiger charge is -2.06. The molecule has 0 aromatic heterocycles. The smallest absolute Gasteiger partial charge is 0.224 e. The van der Waals surface area contributed by atoms with Gasteiger partial charge in [0.15, 0.2) is 0 Å². The Kier molecular flexibility index (Phi) is 5.21. The van der Waals surface area contributed by atoms with Crippen LogP contribution >= 0.6 is 0 Å². The van der Waals surface area contributed by atoms with Gasteiger partial charge in [-0.2, -0.15) is 0 Å². The molecule has 4 nitrogen and oxygen atoms in total. The predicted octanol–water partition coefficient (Wildman–Crippen LogP) is 1.74. The fraction of sp³-hybridized carbons (Fsp3) is 0.533. The monoisotopic (exact) mass is 262 g/mol. The van der Waals surface area contributed by atoms with Gasteiger partial charge >= 0.3 is 0 Å². The third-order valence-electron chi connectivity index (χ3n) is 3.15. The molecule has 19 heavy (non-hydrogen) atoms. The highest BCUT2D eigenvalue weighted by Gasteiger charge is 2.20. The van der Waals surface area contributed by atoms with Crippen LogP contribution in [0.2, 0.25) is 0 Å². The molecule has 0 heterocycles. The van der Waals surface area contributed by atoms with Gasteiger partial charge in [-0.3, -0.25) is 4.79 Å². The second-order valence-corrected chi connectivity index (χ2v) is 5.14. The van der Waals surface area contributed by atoms with Crippen LogP contribution in [-0.2, 0) is 16.0 Å². The summed E-state index contributed by atoms with van der Waals surface area (Å²) < 4.78 is 5.51. The lowest BCUT2D eigenvalue weighted by molar-refractivity contribution is -0.120. The normalized spacial score (nSPS) is 14.3. The number of nitrogens with two attached hydrogens (primary N) is 1. The molecule has 1 fully saturated rings. The Morgan fingerprint density at radius 1 is 1.42 bits per heavy atom. The SMILES string of the molecule is Nc1cccc(CC(=O)NCCCOCC2CC2)c1. The summed E-state index contributed by atoms with van der Waals surface area (Å²) in [5.74, 6) is 0.839.